The molecule has 0 heterocycles. The van der Waals surface area contributed by atoms with E-state index in [2.05, 4.69) is 13.8 Å². The first-order chi connectivity index (χ1) is 28.8. The number of phosphoric acid groups is 1. The molecule has 2 unspecified atom stereocenters. The second-order valence-corrected chi connectivity index (χ2v) is 18.9. The molecule has 0 aliphatic heterocycles. The van der Waals surface area contributed by atoms with Crippen molar-refractivity contribution in [3.8, 4) is 0 Å². The summed E-state index contributed by atoms with van der Waals surface area (Å²) in [4.78, 5) is 35.0. The summed E-state index contributed by atoms with van der Waals surface area (Å²) >= 11 is 0. The smallest absolute Gasteiger partial charge is 0.462 e. The Hall–Kier alpha value is -0.990. The third kappa shape index (κ3) is 46.3. The van der Waals surface area contributed by atoms with Crippen LogP contribution in [0, 0.1) is 0 Å². The Bertz CT molecular complexity index is 938. The first kappa shape index (κ1) is 58.0. The maximum atomic E-state index is 12.6. The van der Waals surface area contributed by atoms with Crippen LogP contribution in [0.2, 0.25) is 0 Å². The van der Waals surface area contributed by atoms with E-state index in [1.54, 1.807) is 0 Å². The Kier molecular flexibility index (Phi) is 45.7. The average molecular weight is 860 g/mol. The maximum absolute atomic E-state index is 12.6. The van der Waals surface area contributed by atoms with E-state index in [0.717, 1.165) is 32.1 Å². The highest BCUT2D eigenvalue weighted by molar-refractivity contribution is 7.47. The monoisotopic (exact) mass is 860 g/mol. The summed E-state index contributed by atoms with van der Waals surface area (Å²) in [6, 6.07) is 0. The summed E-state index contributed by atoms with van der Waals surface area (Å²) in [5, 5.41) is 0. The van der Waals surface area contributed by atoms with Gasteiger partial charge in [0.15, 0.2) is 6.10 Å². The molecule has 0 saturated heterocycles. The molecule has 0 fully saturated rings. The van der Waals surface area contributed by atoms with Crippen LogP contribution in [-0.4, -0.2) is 49.3 Å². The number of hydrogen-bond donors (Lipinski definition) is 2. The van der Waals surface area contributed by atoms with Gasteiger partial charge < -0.3 is 20.1 Å². The summed E-state index contributed by atoms with van der Waals surface area (Å²) in [5.41, 5.74) is 5.36. The van der Waals surface area contributed by atoms with Gasteiger partial charge in [-0.2, -0.15) is 0 Å². The van der Waals surface area contributed by atoms with E-state index in [1.165, 1.54) is 205 Å². The molecule has 0 aromatic carbocycles. The molecule has 10 heteroatoms. The predicted octanol–water partition coefficient (Wildman–Crippen LogP) is 15.2. The molecule has 0 amide bonds. The second-order valence-electron chi connectivity index (χ2n) is 17.4. The molecule has 2 atom stereocenters. The normalized spacial score (nSPS) is 13.1. The molecule has 0 rings (SSSR count). The minimum atomic E-state index is -4.37. The van der Waals surface area contributed by atoms with Gasteiger partial charge in [0.1, 0.15) is 6.61 Å². The zero-order chi connectivity index (χ0) is 43.2. The quantitative estimate of drug-likeness (QED) is 0.0348. The molecule has 9 nitrogen and oxygen atoms in total. The summed E-state index contributed by atoms with van der Waals surface area (Å²) < 4.78 is 32.9. The number of nitrogens with two attached hydrogens (primary N) is 1. The van der Waals surface area contributed by atoms with Crippen LogP contribution in [0.15, 0.2) is 0 Å². The van der Waals surface area contributed by atoms with Crippen molar-refractivity contribution in [1.82, 2.24) is 0 Å². The standard InChI is InChI=1S/C49H98NO8P/c1-3-5-7-9-11-13-15-17-19-21-22-23-24-25-26-28-29-31-33-35-37-39-41-48(51)55-45-47(46-57-59(53,54)56-44-43-50)58-49(52)42-40-38-36-34-32-30-27-20-18-16-14-12-10-8-6-4-2/h47H,3-46,50H2,1-2H3,(H,53,54). The Labute approximate surface area is 365 Å². The molecule has 0 saturated carbocycles. The van der Waals surface area contributed by atoms with Crippen LogP contribution >= 0.6 is 7.82 Å². The molecule has 0 aromatic rings. The Balaban J connectivity index is 3.97. The van der Waals surface area contributed by atoms with Gasteiger partial charge in [0.2, 0.25) is 0 Å². The minimum absolute atomic E-state index is 0.0583. The van der Waals surface area contributed by atoms with Crippen molar-refractivity contribution in [3.05, 3.63) is 0 Å². The molecule has 0 bridgehead atoms. The van der Waals surface area contributed by atoms with Crippen LogP contribution in [0.1, 0.15) is 271 Å². The van der Waals surface area contributed by atoms with E-state index in [-0.39, 0.29) is 38.6 Å². The van der Waals surface area contributed by atoms with Crippen molar-refractivity contribution >= 4 is 19.8 Å². The lowest BCUT2D eigenvalue weighted by Gasteiger charge is -2.19. The number of ether oxygens (including phenoxy) is 2. The molecular formula is C49H98NO8P. The zero-order valence-electron chi connectivity index (χ0n) is 39.0. The fourth-order valence-corrected chi connectivity index (χ4v) is 8.46. The Morgan fingerprint density at radius 2 is 0.729 bits per heavy atom. The van der Waals surface area contributed by atoms with E-state index < -0.39 is 26.5 Å². The molecule has 3 N–H and O–H groups in total. The third-order valence-electron chi connectivity index (χ3n) is 11.5. The maximum Gasteiger partial charge on any atom is 0.472 e. The second kappa shape index (κ2) is 46.5. The molecule has 352 valence electrons. The molecule has 0 radical (unpaired) electrons. The van der Waals surface area contributed by atoms with Crippen molar-refractivity contribution in [2.75, 3.05) is 26.4 Å². The van der Waals surface area contributed by atoms with Crippen molar-refractivity contribution in [2.24, 2.45) is 5.73 Å². The van der Waals surface area contributed by atoms with Gasteiger partial charge in [0.05, 0.1) is 13.2 Å². The molecule has 0 aliphatic carbocycles. The number of hydrogen-bond acceptors (Lipinski definition) is 8. The molecule has 59 heavy (non-hydrogen) atoms. The first-order valence-corrected chi connectivity index (χ1v) is 27.0. The number of carbonyl (C=O) groups is 2. The van der Waals surface area contributed by atoms with Gasteiger partial charge in [0, 0.05) is 19.4 Å². The van der Waals surface area contributed by atoms with E-state index >= 15 is 0 Å². The Morgan fingerprint density at radius 1 is 0.441 bits per heavy atom. The van der Waals surface area contributed by atoms with Gasteiger partial charge in [-0.05, 0) is 12.8 Å². The average Bonchev–Trinajstić information content (AvgIpc) is 3.22. The van der Waals surface area contributed by atoms with Crippen LogP contribution in [0.4, 0.5) is 0 Å². The highest BCUT2D eigenvalue weighted by atomic mass is 31.2. The van der Waals surface area contributed by atoms with Gasteiger partial charge in [-0.25, -0.2) is 4.57 Å². The van der Waals surface area contributed by atoms with Crippen LogP contribution in [-0.2, 0) is 32.7 Å². The predicted molar refractivity (Wildman–Crippen MR) is 248 cm³/mol. The number of carbonyl (C=O) groups excluding carboxylic acids is 2. The fourth-order valence-electron chi connectivity index (χ4n) is 7.70. The first-order valence-electron chi connectivity index (χ1n) is 25.5. The van der Waals surface area contributed by atoms with E-state index in [1.807, 2.05) is 0 Å². The van der Waals surface area contributed by atoms with Crippen LogP contribution < -0.4 is 5.73 Å². The number of phosphoric ester groups is 1. The summed E-state index contributed by atoms with van der Waals surface area (Å²) in [6.07, 6.45) is 48.6. The van der Waals surface area contributed by atoms with E-state index in [0.29, 0.717) is 6.42 Å². The van der Waals surface area contributed by atoms with Crippen LogP contribution in [0.25, 0.3) is 0 Å². The minimum Gasteiger partial charge on any atom is -0.462 e. The van der Waals surface area contributed by atoms with Gasteiger partial charge in [-0.3, -0.25) is 18.6 Å². The summed E-state index contributed by atoms with van der Waals surface area (Å²) in [6.45, 7) is 3.80. The largest absolute Gasteiger partial charge is 0.472 e. The summed E-state index contributed by atoms with van der Waals surface area (Å²) in [7, 11) is -4.37. The van der Waals surface area contributed by atoms with E-state index in [9.17, 15) is 19.0 Å². The van der Waals surface area contributed by atoms with Crippen LogP contribution in [0.3, 0.4) is 0 Å². The molecule has 0 aromatic heterocycles. The van der Waals surface area contributed by atoms with E-state index in [4.69, 9.17) is 24.3 Å². The van der Waals surface area contributed by atoms with Crippen molar-refractivity contribution in [1.29, 1.82) is 0 Å². The van der Waals surface area contributed by atoms with Crippen molar-refractivity contribution < 1.29 is 37.6 Å². The highest BCUT2D eigenvalue weighted by Crippen LogP contribution is 2.43. The summed E-state index contributed by atoms with van der Waals surface area (Å²) in [5.74, 6) is -0.807. The fraction of sp³-hybridized carbons (Fsp3) is 0.959. The van der Waals surface area contributed by atoms with Gasteiger partial charge in [-0.1, -0.05) is 245 Å². The molecular weight excluding hydrogens is 762 g/mol. The van der Waals surface area contributed by atoms with Gasteiger partial charge >= 0.3 is 19.8 Å². The SMILES string of the molecule is CCCCCCCCCCCCCCCCCCCCCCCCC(=O)OCC(COP(=O)(O)OCCN)OC(=O)CCCCCCCCCCCCCCCCCC. The molecule has 0 aliphatic rings. The van der Waals surface area contributed by atoms with Gasteiger partial charge in [-0.15, -0.1) is 0 Å². The lowest BCUT2D eigenvalue weighted by molar-refractivity contribution is -0.161. The highest BCUT2D eigenvalue weighted by Gasteiger charge is 2.26. The third-order valence-corrected chi connectivity index (χ3v) is 12.5. The number of esters is 2. The topological polar surface area (TPSA) is 134 Å². The zero-order valence-corrected chi connectivity index (χ0v) is 39.9. The lowest BCUT2D eigenvalue weighted by Crippen LogP contribution is -2.29. The molecule has 0 spiro atoms. The van der Waals surface area contributed by atoms with Crippen molar-refractivity contribution in [3.63, 3.8) is 0 Å². The number of unbranched alkanes of at least 4 members (excludes halogenated alkanes) is 36. The van der Waals surface area contributed by atoms with Crippen molar-refractivity contribution in [2.45, 2.75) is 277 Å². The Morgan fingerprint density at radius 3 is 1.03 bits per heavy atom. The lowest BCUT2D eigenvalue weighted by atomic mass is 10.0. The van der Waals surface area contributed by atoms with Gasteiger partial charge in [0.25, 0.3) is 0 Å². The van der Waals surface area contributed by atoms with Crippen LogP contribution in [0.5, 0.6) is 0 Å². The number of rotatable bonds is 49.